The molecular formula is C16H17NO3S. The zero-order valence-electron chi connectivity index (χ0n) is 11.7. The first-order chi connectivity index (χ1) is 10.2. The van der Waals surface area contributed by atoms with Crippen molar-refractivity contribution in [1.29, 1.82) is 0 Å². The van der Waals surface area contributed by atoms with Gasteiger partial charge < -0.3 is 15.2 Å². The molecule has 0 atom stereocenters. The van der Waals surface area contributed by atoms with Crippen molar-refractivity contribution < 1.29 is 14.3 Å². The summed E-state index contributed by atoms with van der Waals surface area (Å²) in [4.78, 5) is 13.1. The molecule has 0 aliphatic rings. The third kappa shape index (κ3) is 4.16. The van der Waals surface area contributed by atoms with Crippen LogP contribution in [0.25, 0.3) is 0 Å². The van der Waals surface area contributed by atoms with Crippen molar-refractivity contribution in [2.75, 3.05) is 25.2 Å². The first-order valence-electron chi connectivity index (χ1n) is 6.50. The van der Waals surface area contributed by atoms with Crippen LogP contribution < -0.4 is 10.5 Å². The molecule has 0 saturated heterocycles. The van der Waals surface area contributed by atoms with E-state index in [2.05, 4.69) is 0 Å². The molecule has 0 heterocycles. The lowest BCUT2D eigenvalue weighted by molar-refractivity contribution is 0.0531. The summed E-state index contributed by atoms with van der Waals surface area (Å²) in [5, 5.41) is 0. The van der Waals surface area contributed by atoms with Gasteiger partial charge >= 0.3 is 5.97 Å². The van der Waals surface area contributed by atoms with Crippen molar-refractivity contribution in [1.82, 2.24) is 0 Å². The molecule has 0 saturated carbocycles. The zero-order valence-corrected chi connectivity index (χ0v) is 12.6. The van der Waals surface area contributed by atoms with Gasteiger partial charge in [-0.2, -0.15) is 0 Å². The van der Waals surface area contributed by atoms with Crippen molar-refractivity contribution in [2.24, 2.45) is 0 Å². The fourth-order valence-electron chi connectivity index (χ4n) is 1.79. The van der Waals surface area contributed by atoms with E-state index in [0.29, 0.717) is 29.4 Å². The summed E-state index contributed by atoms with van der Waals surface area (Å²) in [5.41, 5.74) is 6.50. The number of nitrogens with two attached hydrogens (primary N) is 1. The van der Waals surface area contributed by atoms with Crippen molar-refractivity contribution in [3.05, 3.63) is 54.1 Å². The van der Waals surface area contributed by atoms with E-state index in [4.69, 9.17) is 15.2 Å². The number of ether oxygens (including phenoxy) is 2. The van der Waals surface area contributed by atoms with Crippen LogP contribution in [0.3, 0.4) is 0 Å². The summed E-state index contributed by atoms with van der Waals surface area (Å²) in [6.07, 6.45) is 0. The molecule has 0 aromatic heterocycles. The third-order valence-corrected chi connectivity index (χ3v) is 3.81. The first-order valence-corrected chi connectivity index (χ1v) is 7.48. The number of carbonyl (C=O) groups excluding carboxylic acids is 1. The highest BCUT2D eigenvalue weighted by Crippen LogP contribution is 2.25. The highest BCUT2D eigenvalue weighted by molar-refractivity contribution is 7.99. The van der Waals surface area contributed by atoms with Gasteiger partial charge in [0.25, 0.3) is 0 Å². The van der Waals surface area contributed by atoms with E-state index in [9.17, 15) is 4.79 Å². The highest BCUT2D eigenvalue weighted by atomic mass is 32.2. The molecule has 0 amide bonds. The molecule has 0 aliphatic heterocycles. The number of anilines is 1. The van der Waals surface area contributed by atoms with Gasteiger partial charge in [0.05, 0.1) is 18.4 Å². The number of nitrogen functional groups attached to an aromatic ring is 1. The van der Waals surface area contributed by atoms with Gasteiger partial charge in [-0.05, 0) is 24.3 Å². The Bertz CT molecular complexity index is 602. The van der Waals surface area contributed by atoms with Crippen molar-refractivity contribution in [3.8, 4) is 5.75 Å². The summed E-state index contributed by atoms with van der Waals surface area (Å²) >= 11 is 1.64. The minimum absolute atomic E-state index is 0.306. The number of hydrogen-bond donors (Lipinski definition) is 1. The molecule has 0 aliphatic carbocycles. The normalized spacial score (nSPS) is 10.1. The Labute approximate surface area is 128 Å². The molecule has 0 radical (unpaired) electrons. The second-order valence-electron chi connectivity index (χ2n) is 4.22. The minimum Gasteiger partial charge on any atom is -0.495 e. The highest BCUT2D eigenvalue weighted by Gasteiger charge is 2.14. The van der Waals surface area contributed by atoms with Gasteiger partial charge in [-0.1, -0.05) is 24.3 Å². The minimum atomic E-state index is -0.430. The van der Waals surface area contributed by atoms with Crippen molar-refractivity contribution in [3.63, 3.8) is 0 Å². The second kappa shape index (κ2) is 7.59. The van der Waals surface area contributed by atoms with Crippen LogP contribution in [-0.2, 0) is 4.74 Å². The lowest BCUT2D eigenvalue weighted by Crippen LogP contribution is -2.11. The summed E-state index contributed by atoms with van der Waals surface area (Å²) in [6, 6.07) is 15.0. The monoisotopic (exact) mass is 303 g/mol. The summed E-state index contributed by atoms with van der Waals surface area (Å²) in [7, 11) is 1.51. The molecule has 0 fully saturated rings. The lowest BCUT2D eigenvalue weighted by atomic mass is 10.1. The molecule has 2 rings (SSSR count). The van der Waals surface area contributed by atoms with Crippen molar-refractivity contribution >= 4 is 23.4 Å². The molecule has 0 bridgehead atoms. The van der Waals surface area contributed by atoms with Crippen LogP contribution in [0.1, 0.15) is 10.4 Å². The Morgan fingerprint density at radius 2 is 1.90 bits per heavy atom. The number of benzene rings is 2. The molecule has 5 heteroatoms. The predicted octanol–water partition coefficient (Wildman–Crippen LogP) is 3.23. The molecule has 21 heavy (non-hydrogen) atoms. The Morgan fingerprint density at radius 3 is 2.62 bits per heavy atom. The fraction of sp³-hybridized carbons (Fsp3) is 0.188. The number of para-hydroxylation sites is 1. The van der Waals surface area contributed by atoms with Crippen LogP contribution in [0.15, 0.2) is 53.4 Å². The van der Waals surface area contributed by atoms with E-state index in [-0.39, 0.29) is 0 Å². The van der Waals surface area contributed by atoms with Gasteiger partial charge in [0, 0.05) is 10.6 Å². The number of hydrogen-bond acceptors (Lipinski definition) is 5. The first kappa shape index (κ1) is 15.3. The van der Waals surface area contributed by atoms with E-state index in [1.807, 2.05) is 30.3 Å². The van der Waals surface area contributed by atoms with Crippen molar-refractivity contribution in [2.45, 2.75) is 4.90 Å². The molecule has 2 N–H and O–H groups in total. The smallest absolute Gasteiger partial charge is 0.340 e. The number of methoxy groups -OCH3 is 1. The largest absolute Gasteiger partial charge is 0.495 e. The summed E-state index contributed by atoms with van der Waals surface area (Å²) in [6.45, 7) is 0.328. The maximum absolute atomic E-state index is 12.0. The topological polar surface area (TPSA) is 61.5 Å². The van der Waals surface area contributed by atoms with E-state index in [0.717, 1.165) is 4.90 Å². The Kier molecular flexibility index (Phi) is 5.51. The number of rotatable bonds is 6. The van der Waals surface area contributed by atoms with Gasteiger partial charge in [0.15, 0.2) is 0 Å². The fourth-order valence-corrected chi connectivity index (χ4v) is 2.54. The maximum Gasteiger partial charge on any atom is 0.340 e. The SMILES string of the molecule is COc1cccc(C(=O)OCCSc2ccccc2)c1N. The van der Waals surface area contributed by atoms with Gasteiger partial charge in [0.2, 0.25) is 0 Å². The average Bonchev–Trinajstić information content (AvgIpc) is 2.52. The van der Waals surface area contributed by atoms with Gasteiger partial charge in [0.1, 0.15) is 12.4 Å². The quantitative estimate of drug-likeness (QED) is 0.384. The maximum atomic E-state index is 12.0. The van der Waals surface area contributed by atoms with E-state index in [1.54, 1.807) is 30.0 Å². The van der Waals surface area contributed by atoms with Crippen LogP contribution in [0.2, 0.25) is 0 Å². The van der Waals surface area contributed by atoms with Crippen LogP contribution >= 0.6 is 11.8 Å². The number of esters is 1. The Hall–Kier alpha value is -2.14. The third-order valence-electron chi connectivity index (χ3n) is 2.83. The molecule has 0 spiro atoms. The van der Waals surface area contributed by atoms with Crippen LogP contribution in [-0.4, -0.2) is 25.4 Å². The van der Waals surface area contributed by atoms with Gasteiger partial charge in [-0.15, -0.1) is 11.8 Å². The van der Waals surface area contributed by atoms with Crippen LogP contribution in [0.4, 0.5) is 5.69 Å². The van der Waals surface area contributed by atoms with Crippen LogP contribution in [0, 0.1) is 0 Å². The standard InChI is InChI=1S/C16H17NO3S/c1-19-14-9-5-8-13(15(14)17)16(18)20-10-11-21-12-6-3-2-4-7-12/h2-9H,10-11,17H2,1H3. The molecule has 2 aromatic carbocycles. The Balaban J connectivity index is 1.85. The summed E-state index contributed by atoms with van der Waals surface area (Å²) < 4.78 is 10.3. The average molecular weight is 303 g/mol. The van der Waals surface area contributed by atoms with Crippen LogP contribution in [0.5, 0.6) is 5.75 Å². The van der Waals surface area contributed by atoms with E-state index >= 15 is 0 Å². The van der Waals surface area contributed by atoms with E-state index < -0.39 is 5.97 Å². The molecule has 4 nitrogen and oxygen atoms in total. The molecule has 2 aromatic rings. The Morgan fingerprint density at radius 1 is 1.14 bits per heavy atom. The second-order valence-corrected chi connectivity index (χ2v) is 5.39. The molecule has 110 valence electrons. The lowest BCUT2D eigenvalue weighted by Gasteiger charge is -2.09. The number of thioether (sulfide) groups is 1. The van der Waals surface area contributed by atoms with Gasteiger partial charge in [-0.3, -0.25) is 0 Å². The van der Waals surface area contributed by atoms with Gasteiger partial charge in [-0.25, -0.2) is 4.79 Å². The molecule has 0 unspecified atom stereocenters. The molecular weight excluding hydrogens is 286 g/mol. The summed E-state index contributed by atoms with van der Waals surface area (Å²) in [5.74, 6) is 0.739. The zero-order chi connectivity index (χ0) is 15.1. The predicted molar refractivity (Wildman–Crippen MR) is 84.9 cm³/mol. The number of carbonyl (C=O) groups is 1. The van der Waals surface area contributed by atoms with E-state index in [1.165, 1.54) is 7.11 Å².